The van der Waals surface area contributed by atoms with Gasteiger partial charge in [0.15, 0.2) is 11.9 Å². The van der Waals surface area contributed by atoms with Crippen LogP contribution in [0.3, 0.4) is 0 Å². The fourth-order valence-corrected chi connectivity index (χ4v) is 1.40. The number of nitro benzene ring substituents is 1. The molecule has 0 radical (unpaired) electrons. The minimum atomic E-state index is -0.934. The lowest BCUT2D eigenvalue weighted by Gasteiger charge is -2.15. The van der Waals surface area contributed by atoms with Crippen LogP contribution in [0.1, 0.15) is 18.9 Å². The Morgan fingerprint density at radius 2 is 2.37 bits per heavy atom. The number of nitrogens with two attached hydrogens (primary N) is 1. The van der Waals surface area contributed by atoms with Crippen molar-refractivity contribution in [3.05, 3.63) is 33.9 Å². The molecule has 8 nitrogen and oxygen atoms in total. The van der Waals surface area contributed by atoms with Gasteiger partial charge in [-0.25, -0.2) is 5.84 Å². The van der Waals surface area contributed by atoms with Gasteiger partial charge in [0, 0.05) is 6.07 Å². The predicted octanol–water partition coefficient (Wildman–Crippen LogP) is 0.614. The Balaban J connectivity index is 3.10. The Morgan fingerprint density at radius 3 is 2.84 bits per heavy atom. The lowest BCUT2D eigenvalue weighted by Crippen LogP contribution is -2.41. The predicted molar refractivity (Wildman–Crippen MR) is 64.8 cm³/mol. The Hall–Kier alpha value is -2.66. The molecule has 1 amide bonds. The van der Waals surface area contributed by atoms with Gasteiger partial charge in [-0.3, -0.25) is 20.3 Å². The number of amides is 1. The summed E-state index contributed by atoms with van der Waals surface area (Å²) in [5, 5.41) is 19.6. The smallest absolute Gasteiger partial charge is 0.312 e. The minimum absolute atomic E-state index is 0.0838. The van der Waals surface area contributed by atoms with E-state index in [9.17, 15) is 14.9 Å². The molecule has 1 aromatic carbocycles. The maximum Gasteiger partial charge on any atom is 0.312 e. The zero-order valence-electron chi connectivity index (χ0n) is 10.1. The van der Waals surface area contributed by atoms with Gasteiger partial charge in [-0.2, -0.15) is 5.26 Å². The molecule has 0 aromatic heterocycles. The number of carbonyl (C=O) groups excluding carboxylic acids is 1. The zero-order chi connectivity index (χ0) is 14.4. The third-order valence-electron chi connectivity index (χ3n) is 2.36. The van der Waals surface area contributed by atoms with Crippen LogP contribution in [-0.4, -0.2) is 16.9 Å². The molecule has 0 aliphatic rings. The second-order valence-electron chi connectivity index (χ2n) is 3.57. The van der Waals surface area contributed by atoms with Crippen molar-refractivity contribution in [2.75, 3.05) is 0 Å². The van der Waals surface area contributed by atoms with Crippen molar-refractivity contribution in [1.82, 2.24) is 5.43 Å². The summed E-state index contributed by atoms with van der Waals surface area (Å²) in [7, 11) is 0. The van der Waals surface area contributed by atoms with E-state index in [0.29, 0.717) is 6.42 Å². The summed E-state index contributed by atoms with van der Waals surface area (Å²) in [4.78, 5) is 21.6. The fourth-order valence-electron chi connectivity index (χ4n) is 1.40. The topological polar surface area (TPSA) is 131 Å². The summed E-state index contributed by atoms with van der Waals surface area (Å²) < 4.78 is 5.27. The molecule has 19 heavy (non-hydrogen) atoms. The number of hydrogen-bond donors (Lipinski definition) is 2. The normalized spacial score (nSPS) is 11.2. The van der Waals surface area contributed by atoms with E-state index < -0.39 is 16.9 Å². The highest BCUT2D eigenvalue weighted by Crippen LogP contribution is 2.29. The van der Waals surface area contributed by atoms with Crippen LogP contribution < -0.4 is 16.0 Å². The van der Waals surface area contributed by atoms with Crippen molar-refractivity contribution in [3.63, 3.8) is 0 Å². The molecule has 1 atom stereocenters. The summed E-state index contributed by atoms with van der Waals surface area (Å²) in [5.74, 6) is 4.32. The van der Waals surface area contributed by atoms with Crippen LogP contribution in [-0.2, 0) is 4.79 Å². The number of nitrogens with one attached hydrogen (secondary N) is 1. The summed E-state index contributed by atoms with van der Waals surface area (Å²) in [5.41, 5.74) is 1.68. The van der Waals surface area contributed by atoms with Crippen molar-refractivity contribution in [3.8, 4) is 11.8 Å². The first-order valence-corrected chi connectivity index (χ1v) is 5.39. The van der Waals surface area contributed by atoms with Crippen molar-refractivity contribution < 1.29 is 14.5 Å². The van der Waals surface area contributed by atoms with E-state index in [4.69, 9.17) is 15.8 Å². The van der Waals surface area contributed by atoms with Crippen molar-refractivity contribution >= 4 is 11.6 Å². The van der Waals surface area contributed by atoms with Gasteiger partial charge in [0.2, 0.25) is 0 Å². The van der Waals surface area contributed by atoms with E-state index in [-0.39, 0.29) is 17.0 Å². The van der Waals surface area contributed by atoms with E-state index in [1.54, 1.807) is 13.0 Å². The number of hydrazine groups is 1. The Bertz CT molecular complexity index is 538. The molecule has 0 spiro atoms. The molecular formula is C11H12N4O4. The maximum atomic E-state index is 11.4. The minimum Gasteiger partial charge on any atom is -0.473 e. The van der Waals surface area contributed by atoms with Crippen LogP contribution in [0.4, 0.5) is 5.69 Å². The first-order chi connectivity index (χ1) is 9.03. The molecule has 8 heteroatoms. The highest BCUT2D eigenvalue weighted by molar-refractivity contribution is 5.80. The summed E-state index contributed by atoms with van der Waals surface area (Å²) in [6.07, 6.45) is -0.642. The lowest BCUT2D eigenvalue weighted by atomic mass is 10.2. The Labute approximate surface area is 108 Å². The average molecular weight is 264 g/mol. The molecular weight excluding hydrogens is 252 g/mol. The highest BCUT2D eigenvalue weighted by atomic mass is 16.6. The maximum absolute atomic E-state index is 11.4. The number of nitrogens with zero attached hydrogens (tertiary/aromatic N) is 2. The second kappa shape index (κ2) is 6.32. The number of rotatable bonds is 5. The van der Waals surface area contributed by atoms with Gasteiger partial charge in [0.25, 0.3) is 5.91 Å². The summed E-state index contributed by atoms with van der Waals surface area (Å²) >= 11 is 0. The van der Waals surface area contributed by atoms with Crippen molar-refractivity contribution in [1.29, 1.82) is 5.26 Å². The first-order valence-electron chi connectivity index (χ1n) is 5.39. The van der Waals surface area contributed by atoms with Gasteiger partial charge in [-0.05, 0) is 18.6 Å². The lowest BCUT2D eigenvalue weighted by molar-refractivity contribution is -0.386. The summed E-state index contributed by atoms with van der Waals surface area (Å²) in [6.45, 7) is 1.68. The molecule has 0 heterocycles. The van der Waals surface area contributed by atoms with Crippen molar-refractivity contribution in [2.45, 2.75) is 19.4 Å². The van der Waals surface area contributed by atoms with Crippen LogP contribution in [0.5, 0.6) is 5.75 Å². The van der Waals surface area contributed by atoms with Crippen LogP contribution in [0, 0.1) is 21.4 Å². The van der Waals surface area contributed by atoms with Crippen LogP contribution in [0.2, 0.25) is 0 Å². The number of hydrogen-bond acceptors (Lipinski definition) is 6. The van der Waals surface area contributed by atoms with Crippen LogP contribution in [0.15, 0.2) is 18.2 Å². The van der Waals surface area contributed by atoms with Gasteiger partial charge in [0.1, 0.15) is 0 Å². The molecule has 1 rings (SSSR count). The third-order valence-corrected chi connectivity index (χ3v) is 2.36. The van der Waals surface area contributed by atoms with Gasteiger partial charge in [-0.15, -0.1) is 0 Å². The number of carbonyl (C=O) groups is 1. The first kappa shape index (κ1) is 14.4. The fraction of sp³-hybridized carbons (Fsp3) is 0.273. The molecule has 100 valence electrons. The molecule has 1 aromatic rings. The molecule has 0 bridgehead atoms. The quantitative estimate of drug-likeness (QED) is 0.346. The van der Waals surface area contributed by atoms with Crippen LogP contribution in [0.25, 0.3) is 0 Å². The molecule has 0 fully saturated rings. The molecule has 0 aliphatic carbocycles. The van der Waals surface area contributed by atoms with Crippen molar-refractivity contribution in [2.24, 2.45) is 5.84 Å². The van der Waals surface area contributed by atoms with Gasteiger partial charge in [-0.1, -0.05) is 6.92 Å². The van der Waals surface area contributed by atoms with E-state index in [2.05, 4.69) is 0 Å². The number of benzene rings is 1. The van der Waals surface area contributed by atoms with Crippen LogP contribution >= 0.6 is 0 Å². The molecule has 3 N–H and O–H groups in total. The number of ether oxygens (including phenoxy) is 1. The highest BCUT2D eigenvalue weighted by Gasteiger charge is 2.23. The monoisotopic (exact) mass is 264 g/mol. The molecule has 0 saturated heterocycles. The zero-order valence-corrected chi connectivity index (χ0v) is 10.1. The van der Waals surface area contributed by atoms with E-state index in [0.717, 1.165) is 6.07 Å². The summed E-state index contributed by atoms with van der Waals surface area (Å²) in [6, 6.07) is 5.53. The average Bonchev–Trinajstić information content (AvgIpc) is 2.43. The number of nitriles is 1. The van der Waals surface area contributed by atoms with E-state index in [1.807, 2.05) is 5.43 Å². The molecule has 0 aliphatic heterocycles. The standard InChI is InChI=1S/C11H12N4O4/c1-2-9(11(16)14-13)19-10-4-3-7(6-12)5-8(10)15(17)18/h3-5,9H,2,13H2,1H3,(H,14,16). The Kier molecular flexibility index (Phi) is 4.79. The molecule has 1 unspecified atom stereocenters. The second-order valence-corrected chi connectivity index (χ2v) is 3.57. The van der Waals surface area contributed by atoms with Gasteiger partial charge in [0.05, 0.1) is 16.6 Å². The van der Waals surface area contributed by atoms with E-state index in [1.165, 1.54) is 12.1 Å². The largest absolute Gasteiger partial charge is 0.473 e. The third kappa shape index (κ3) is 3.40. The van der Waals surface area contributed by atoms with E-state index >= 15 is 0 Å². The SMILES string of the molecule is CCC(Oc1ccc(C#N)cc1[N+](=O)[O-])C(=O)NN. The Morgan fingerprint density at radius 1 is 1.68 bits per heavy atom. The number of nitro groups is 1. The van der Waals surface area contributed by atoms with Gasteiger partial charge < -0.3 is 4.74 Å². The molecule has 0 saturated carbocycles. The van der Waals surface area contributed by atoms with Gasteiger partial charge >= 0.3 is 5.69 Å².